The Labute approximate surface area is 246 Å². The normalized spacial score (nSPS) is 12.3. The number of hydrogen-bond acceptors (Lipinski definition) is 8. The van der Waals surface area contributed by atoms with Crippen molar-refractivity contribution in [3.05, 3.63) is 109 Å². The maximum atomic E-state index is 12.4. The van der Waals surface area contributed by atoms with Crippen LogP contribution in [0.2, 0.25) is 0 Å². The van der Waals surface area contributed by atoms with E-state index in [2.05, 4.69) is 18.5 Å². The molecule has 0 radical (unpaired) electrons. The Balaban J connectivity index is 1.27. The van der Waals surface area contributed by atoms with Crippen LogP contribution in [-0.4, -0.2) is 37.9 Å². The lowest BCUT2D eigenvalue weighted by molar-refractivity contribution is -0.137. The summed E-state index contributed by atoms with van der Waals surface area (Å²) in [6.45, 7) is 8.33. The zero-order valence-corrected chi connectivity index (χ0v) is 23.7. The van der Waals surface area contributed by atoms with Crippen LogP contribution in [0.5, 0.6) is 5.75 Å². The van der Waals surface area contributed by atoms with Crippen molar-refractivity contribution in [2.45, 2.75) is 45.1 Å². The maximum absolute atomic E-state index is 12.4. The highest BCUT2D eigenvalue weighted by molar-refractivity contribution is 5.99. The van der Waals surface area contributed by atoms with Crippen molar-refractivity contribution in [1.82, 2.24) is 0 Å². The Hall–Kier alpha value is -4.63. The quantitative estimate of drug-likeness (QED) is 0.0943. The first kappa shape index (κ1) is 31.9. The van der Waals surface area contributed by atoms with E-state index in [-0.39, 0.29) is 18.7 Å². The topological polar surface area (TPSA) is 109 Å². The number of carbonyl (C=O) groups is 3. The summed E-state index contributed by atoms with van der Waals surface area (Å²) >= 11 is 0. The molecule has 1 N–H and O–H groups in total. The number of allylic oxidation sites excluding steroid dienone is 4. The van der Waals surface area contributed by atoms with Gasteiger partial charge in [0, 0.05) is 24.6 Å². The van der Waals surface area contributed by atoms with Crippen LogP contribution >= 0.6 is 0 Å². The SMILES string of the molecule is C=CC(=O)Nc1ccc(C(=O)OC2=CC=C(OCOCc3ccc(OCCCCCCOC(=O)C=C)cc3)CC2)cc1. The van der Waals surface area contributed by atoms with E-state index in [1.54, 1.807) is 36.4 Å². The van der Waals surface area contributed by atoms with E-state index in [1.165, 1.54) is 12.2 Å². The van der Waals surface area contributed by atoms with Gasteiger partial charge in [-0.3, -0.25) is 4.79 Å². The van der Waals surface area contributed by atoms with Gasteiger partial charge in [0.25, 0.3) is 0 Å². The lowest BCUT2D eigenvalue weighted by Crippen LogP contribution is -2.10. The van der Waals surface area contributed by atoms with Gasteiger partial charge in [0.1, 0.15) is 11.5 Å². The van der Waals surface area contributed by atoms with Crippen LogP contribution < -0.4 is 10.1 Å². The number of nitrogens with one attached hydrogen (secondary N) is 1. The molecule has 0 saturated carbocycles. The van der Waals surface area contributed by atoms with Gasteiger partial charge in [-0.25, -0.2) is 9.59 Å². The number of esters is 2. The summed E-state index contributed by atoms with van der Waals surface area (Å²) in [6, 6.07) is 14.2. The first-order valence-electron chi connectivity index (χ1n) is 13.8. The molecule has 0 spiro atoms. The van der Waals surface area contributed by atoms with E-state index in [4.69, 9.17) is 23.7 Å². The minimum atomic E-state index is -0.471. The molecule has 0 heterocycles. The van der Waals surface area contributed by atoms with Crippen molar-refractivity contribution in [2.75, 3.05) is 25.3 Å². The summed E-state index contributed by atoms with van der Waals surface area (Å²) < 4.78 is 27.6. The molecule has 0 bridgehead atoms. The summed E-state index contributed by atoms with van der Waals surface area (Å²) in [7, 11) is 0. The predicted molar refractivity (Wildman–Crippen MR) is 158 cm³/mol. The van der Waals surface area contributed by atoms with Crippen molar-refractivity contribution in [1.29, 1.82) is 0 Å². The third kappa shape index (κ3) is 11.9. The van der Waals surface area contributed by atoms with Gasteiger partial charge < -0.3 is 29.0 Å². The average molecular weight is 576 g/mol. The molecule has 0 saturated heterocycles. The molecular weight excluding hydrogens is 538 g/mol. The molecule has 0 atom stereocenters. The first-order valence-corrected chi connectivity index (χ1v) is 13.8. The fourth-order valence-corrected chi connectivity index (χ4v) is 3.80. The largest absolute Gasteiger partial charge is 0.494 e. The lowest BCUT2D eigenvalue weighted by Gasteiger charge is -2.16. The predicted octanol–water partition coefficient (Wildman–Crippen LogP) is 6.39. The van der Waals surface area contributed by atoms with Crippen LogP contribution in [0.15, 0.2) is 97.5 Å². The average Bonchev–Trinajstić information content (AvgIpc) is 3.02. The third-order valence-corrected chi connectivity index (χ3v) is 6.11. The van der Waals surface area contributed by atoms with Crippen LogP contribution in [-0.2, 0) is 35.1 Å². The van der Waals surface area contributed by atoms with Crippen molar-refractivity contribution >= 4 is 23.5 Å². The molecule has 9 heteroatoms. The molecule has 0 aliphatic heterocycles. The van der Waals surface area contributed by atoms with E-state index in [0.717, 1.165) is 42.8 Å². The Morgan fingerprint density at radius 1 is 0.786 bits per heavy atom. The highest BCUT2D eigenvalue weighted by Crippen LogP contribution is 2.22. The van der Waals surface area contributed by atoms with Gasteiger partial charge in [0.2, 0.25) is 5.91 Å². The number of unbranched alkanes of at least 4 members (excludes halogenated alkanes) is 3. The molecule has 1 aliphatic carbocycles. The van der Waals surface area contributed by atoms with Gasteiger partial charge in [0.05, 0.1) is 31.1 Å². The van der Waals surface area contributed by atoms with Gasteiger partial charge >= 0.3 is 11.9 Å². The highest BCUT2D eigenvalue weighted by Gasteiger charge is 2.14. The van der Waals surface area contributed by atoms with Crippen molar-refractivity contribution in [3.8, 4) is 5.75 Å². The zero-order valence-electron chi connectivity index (χ0n) is 23.7. The van der Waals surface area contributed by atoms with Gasteiger partial charge in [0.15, 0.2) is 6.79 Å². The van der Waals surface area contributed by atoms with Crippen molar-refractivity contribution < 1.29 is 38.1 Å². The van der Waals surface area contributed by atoms with E-state index in [9.17, 15) is 14.4 Å². The molecule has 2 aromatic rings. The molecule has 0 aromatic heterocycles. The van der Waals surface area contributed by atoms with Crippen LogP contribution in [0.1, 0.15) is 54.4 Å². The number of rotatable bonds is 18. The molecule has 9 nitrogen and oxygen atoms in total. The van der Waals surface area contributed by atoms with Gasteiger partial charge in [-0.2, -0.15) is 0 Å². The molecular formula is C33H37NO8. The lowest BCUT2D eigenvalue weighted by atomic mass is 10.1. The number of anilines is 1. The molecule has 3 rings (SSSR count). The van der Waals surface area contributed by atoms with Gasteiger partial charge in [-0.1, -0.05) is 25.3 Å². The van der Waals surface area contributed by atoms with Crippen LogP contribution in [0.4, 0.5) is 5.69 Å². The molecule has 1 aliphatic rings. The summed E-state index contributed by atoms with van der Waals surface area (Å²) in [5.74, 6) is 0.926. The number of amides is 1. The third-order valence-electron chi connectivity index (χ3n) is 6.11. The summed E-state index contributed by atoms with van der Waals surface area (Å²) in [5.41, 5.74) is 1.94. The van der Waals surface area contributed by atoms with Crippen molar-refractivity contribution in [2.24, 2.45) is 0 Å². The second-order valence-electron chi connectivity index (χ2n) is 9.32. The smallest absolute Gasteiger partial charge is 0.343 e. The summed E-state index contributed by atoms with van der Waals surface area (Å²) in [4.78, 5) is 34.8. The number of ether oxygens (including phenoxy) is 5. The monoisotopic (exact) mass is 575 g/mol. The van der Waals surface area contributed by atoms with E-state index >= 15 is 0 Å². The Kier molecular flexibility index (Phi) is 13.6. The second kappa shape index (κ2) is 17.9. The maximum Gasteiger partial charge on any atom is 0.343 e. The fourth-order valence-electron chi connectivity index (χ4n) is 3.80. The highest BCUT2D eigenvalue weighted by atomic mass is 16.7. The Bertz CT molecular complexity index is 1260. The van der Waals surface area contributed by atoms with E-state index in [1.807, 2.05) is 24.3 Å². The van der Waals surface area contributed by atoms with E-state index in [0.29, 0.717) is 49.7 Å². The molecule has 1 amide bonds. The molecule has 42 heavy (non-hydrogen) atoms. The molecule has 0 fully saturated rings. The molecule has 222 valence electrons. The number of hydrogen-bond donors (Lipinski definition) is 1. The van der Waals surface area contributed by atoms with Crippen LogP contribution in [0.3, 0.4) is 0 Å². The molecule has 0 unspecified atom stereocenters. The van der Waals surface area contributed by atoms with Crippen LogP contribution in [0.25, 0.3) is 0 Å². The van der Waals surface area contributed by atoms with Crippen LogP contribution in [0, 0.1) is 0 Å². The summed E-state index contributed by atoms with van der Waals surface area (Å²) in [5, 5.41) is 2.63. The minimum Gasteiger partial charge on any atom is -0.494 e. The summed E-state index contributed by atoms with van der Waals surface area (Å²) in [6.07, 6.45) is 10.7. The van der Waals surface area contributed by atoms with Gasteiger partial charge in [-0.05, 0) is 85.9 Å². The molecule has 2 aromatic carbocycles. The number of benzene rings is 2. The van der Waals surface area contributed by atoms with E-state index < -0.39 is 5.97 Å². The first-order chi connectivity index (χ1) is 20.5. The Morgan fingerprint density at radius 2 is 1.48 bits per heavy atom. The Morgan fingerprint density at radius 3 is 2.14 bits per heavy atom. The fraction of sp³-hybridized carbons (Fsp3) is 0.303. The minimum absolute atomic E-state index is 0.106. The number of carbonyl (C=O) groups excluding carboxylic acids is 3. The standard InChI is InChI=1S/C33H37NO8/c1-3-31(35)34-27-13-11-26(12-14-27)33(37)42-30-19-17-29(18-20-30)41-24-38-23-25-9-15-28(16-10-25)39-21-7-5-6-8-22-40-32(36)4-2/h3-4,9-17,19H,1-2,5-8,18,20-24H2,(H,34,35). The second-order valence-corrected chi connectivity index (χ2v) is 9.32. The van der Waals surface area contributed by atoms with Gasteiger partial charge in [-0.15, -0.1) is 0 Å². The zero-order chi connectivity index (χ0) is 30.0. The van der Waals surface area contributed by atoms with Crippen molar-refractivity contribution in [3.63, 3.8) is 0 Å².